The molecule has 1 aliphatic heterocycles. The summed E-state index contributed by atoms with van der Waals surface area (Å²) in [6, 6.07) is 2.19. The minimum absolute atomic E-state index is 0.0188. The van der Waals surface area contributed by atoms with E-state index in [0.29, 0.717) is 48.0 Å². The third kappa shape index (κ3) is 3.95. The average Bonchev–Trinajstić information content (AvgIpc) is 3.43. The zero-order valence-electron chi connectivity index (χ0n) is 21.3. The lowest BCUT2D eigenvalue weighted by Gasteiger charge is -2.69. The minimum Gasteiger partial charge on any atom is -0.493 e. The van der Waals surface area contributed by atoms with Crippen molar-refractivity contribution in [3.05, 3.63) is 29.1 Å². The molecule has 1 unspecified atom stereocenters. The van der Waals surface area contributed by atoms with E-state index in [4.69, 9.17) is 4.74 Å². The molecule has 5 nitrogen and oxygen atoms in total. The summed E-state index contributed by atoms with van der Waals surface area (Å²) < 4.78 is 21.8. The molecule has 0 spiro atoms. The Kier molecular flexibility index (Phi) is 4.96. The normalized spacial score (nSPS) is 39.8. The number of aliphatic carboxylic acids is 1. The van der Waals surface area contributed by atoms with Crippen LogP contribution in [-0.4, -0.2) is 41.1 Å². The Hall–Kier alpha value is -2.11. The first-order chi connectivity index (χ1) is 16.4. The van der Waals surface area contributed by atoms with Gasteiger partial charge in [-0.05, 0) is 98.0 Å². The number of likely N-dealkylation sites (tertiary alicyclic amines) is 1. The second-order valence-corrected chi connectivity index (χ2v) is 13.9. The second-order valence-electron chi connectivity index (χ2n) is 13.9. The highest BCUT2D eigenvalue weighted by molar-refractivity contribution is 5.97. The van der Waals surface area contributed by atoms with Gasteiger partial charge in [-0.3, -0.25) is 4.79 Å². The average molecular weight is 484 g/mol. The predicted octanol–water partition coefficient (Wildman–Crippen LogP) is 6.16. The molecule has 0 radical (unpaired) electrons. The highest BCUT2D eigenvalue weighted by Gasteiger charge is 2.64. The van der Waals surface area contributed by atoms with E-state index in [1.807, 2.05) is 0 Å². The maximum atomic E-state index is 15.3. The maximum Gasteiger partial charge on any atom is 0.326 e. The van der Waals surface area contributed by atoms with Gasteiger partial charge in [0.25, 0.3) is 5.91 Å². The quantitative estimate of drug-likeness (QED) is 0.526. The first-order valence-corrected chi connectivity index (χ1v) is 13.4. The van der Waals surface area contributed by atoms with Gasteiger partial charge in [-0.1, -0.05) is 20.8 Å². The van der Waals surface area contributed by atoms with Gasteiger partial charge in [0, 0.05) is 18.0 Å². The van der Waals surface area contributed by atoms with E-state index in [0.717, 1.165) is 18.4 Å². The summed E-state index contributed by atoms with van der Waals surface area (Å²) in [6.07, 6.45) is 10.5. The summed E-state index contributed by atoms with van der Waals surface area (Å²) in [6.45, 7) is 8.31. The number of nitrogens with zero attached hydrogens (tertiary/aromatic N) is 1. The van der Waals surface area contributed by atoms with E-state index >= 15 is 4.39 Å². The minimum atomic E-state index is -1.02. The number of carbonyl (C=O) groups excluding carboxylic acids is 1. The van der Waals surface area contributed by atoms with Gasteiger partial charge >= 0.3 is 5.97 Å². The lowest BCUT2D eigenvalue weighted by molar-refractivity contribution is -0.192. The molecule has 0 aromatic heterocycles. The van der Waals surface area contributed by atoms with Gasteiger partial charge in [0.05, 0.1) is 12.2 Å². The first kappa shape index (κ1) is 23.3. The van der Waals surface area contributed by atoms with Crippen LogP contribution < -0.4 is 4.74 Å². The Labute approximate surface area is 207 Å². The molecule has 1 N–H and O–H groups in total. The summed E-state index contributed by atoms with van der Waals surface area (Å²) in [7, 11) is 0. The van der Waals surface area contributed by atoms with Crippen LogP contribution in [0.15, 0.2) is 12.1 Å². The summed E-state index contributed by atoms with van der Waals surface area (Å²) in [5, 5.41) is 9.48. The number of rotatable bonds is 6. The Balaban J connectivity index is 1.27. The molecule has 6 aliphatic rings. The molecule has 4 bridgehead atoms. The molecule has 1 amide bonds. The molecule has 5 saturated carbocycles. The van der Waals surface area contributed by atoms with Crippen molar-refractivity contribution >= 4 is 11.9 Å². The van der Waals surface area contributed by atoms with Gasteiger partial charge in [0.1, 0.15) is 17.6 Å². The van der Waals surface area contributed by atoms with E-state index in [-0.39, 0.29) is 16.9 Å². The maximum absolute atomic E-state index is 15.3. The Bertz CT molecular complexity index is 1040. The van der Waals surface area contributed by atoms with Crippen LogP contribution in [0.25, 0.3) is 0 Å². The van der Waals surface area contributed by atoms with Crippen LogP contribution in [0.3, 0.4) is 0 Å². The molecule has 1 aromatic carbocycles. The fourth-order valence-electron chi connectivity index (χ4n) is 9.94. The summed E-state index contributed by atoms with van der Waals surface area (Å²) >= 11 is 0. The number of carboxylic acids is 1. The van der Waals surface area contributed by atoms with Gasteiger partial charge < -0.3 is 14.7 Å². The molecule has 6 fully saturated rings. The molecule has 1 saturated heterocycles. The van der Waals surface area contributed by atoms with Crippen LogP contribution in [0.1, 0.15) is 107 Å². The van der Waals surface area contributed by atoms with Crippen molar-refractivity contribution in [1.29, 1.82) is 0 Å². The Morgan fingerprint density at radius 1 is 1.00 bits per heavy atom. The molecule has 1 heterocycles. The number of halogens is 1. The zero-order valence-corrected chi connectivity index (χ0v) is 21.3. The third-order valence-electron chi connectivity index (χ3n) is 9.65. The van der Waals surface area contributed by atoms with Gasteiger partial charge in [0.2, 0.25) is 0 Å². The lowest BCUT2D eigenvalue weighted by atomic mass is 9.36. The van der Waals surface area contributed by atoms with Crippen LogP contribution in [0.2, 0.25) is 0 Å². The molecular weight excluding hydrogens is 445 g/mol. The van der Waals surface area contributed by atoms with E-state index in [9.17, 15) is 14.7 Å². The fourth-order valence-corrected chi connectivity index (χ4v) is 9.94. The summed E-state index contributed by atoms with van der Waals surface area (Å²) in [5.74, 6) is -1.29. The highest BCUT2D eigenvalue weighted by atomic mass is 19.1. The molecule has 35 heavy (non-hydrogen) atoms. The van der Waals surface area contributed by atoms with Gasteiger partial charge in [-0.25, -0.2) is 9.18 Å². The van der Waals surface area contributed by atoms with Crippen molar-refractivity contribution in [2.45, 2.75) is 96.9 Å². The number of carboxylic acid groups (broad SMARTS) is 1. The first-order valence-electron chi connectivity index (χ1n) is 13.4. The molecular formula is C29H38FNO4. The van der Waals surface area contributed by atoms with Crippen LogP contribution in [-0.2, 0) is 4.79 Å². The van der Waals surface area contributed by atoms with Gasteiger partial charge in [-0.15, -0.1) is 0 Å². The Morgan fingerprint density at radius 2 is 1.60 bits per heavy atom. The summed E-state index contributed by atoms with van der Waals surface area (Å²) in [5.41, 5.74) is 2.10. The van der Waals surface area contributed by atoms with Crippen LogP contribution in [0.5, 0.6) is 5.75 Å². The monoisotopic (exact) mass is 483 g/mol. The Morgan fingerprint density at radius 3 is 2.14 bits per heavy atom. The van der Waals surface area contributed by atoms with Crippen LogP contribution in [0.4, 0.5) is 4.39 Å². The van der Waals surface area contributed by atoms with Gasteiger partial charge in [0.15, 0.2) is 0 Å². The zero-order chi connectivity index (χ0) is 24.8. The second kappa shape index (κ2) is 7.45. The molecule has 1 aromatic rings. The van der Waals surface area contributed by atoms with Crippen molar-refractivity contribution in [1.82, 2.24) is 4.90 Å². The molecule has 5 aliphatic carbocycles. The molecule has 190 valence electrons. The van der Waals surface area contributed by atoms with E-state index < -0.39 is 23.7 Å². The highest BCUT2D eigenvalue weighted by Crippen LogP contribution is 2.73. The standard InChI is InChI=1S/C29H38FNO4/c1-26-11-27(2)13-28(3,12-26)16-29(14-26,15-27)17-35-23-10-21(30)20(9-19(23)18-6-7-18)24(32)31-8-4-5-22(31)25(33)34/h9-10,18,22H,4-8,11-17H2,1-3H3,(H,33,34). The number of hydrogen-bond donors (Lipinski definition) is 1. The van der Waals surface area contributed by atoms with Crippen molar-refractivity contribution in [3.8, 4) is 5.75 Å². The lowest BCUT2D eigenvalue weighted by Crippen LogP contribution is -2.60. The van der Waals surface area contributed by atoms with Crippen molar-refractivity contribution in [3.63, 3.8) is 0 Å². The SMILES string of the molecule is CC12CC3(C)CC(C)(C1)CC(COc1cc(F)c(C(=O)N4CCCC4C(=O)O)cc1C1CC1)(C2)C3. The molecule has 7 rings (SSSR count). The van der Waals surface area contributed by atoms with Crippen LogP contribution in [0, 0.1) is 27.5 Å². The number of benzene rings is 1. The predicted molar refractivity (Wildman–Crippen MR) is 130 cm³/mol. The number of carbonyl (C=O) groups is 2. The fraction of sp³-hybridized carbons (Fsp3) is 0.724. The summed E-state index contributed by atoms with van der Waals surface area (Å²) in [4.78, 5) is 26.1. The van der Waals surface area contributed by atoms with Crippen LogP contribution >= 0.6 is 0 Å². The largest absolute Gasteiger partial charge is 0.493 e. The van der Waals surface area contributed by atoms with Crippen molar-refractivity contribution in [2.24, 2.45) is 21.7 Å². The smallest absolute Gasteiger partial charge is 0.326 e. The van der Waals surface area contributed by atoms with E-state index in [1.165, 1.54) is 49.5 Å². The van der Waals surface area contributed by atoms with E-state index in [1.54, 1.807) is 6.07 Å². The van der Waals surface area contributed by atoms with Gasteiger partial charge in [-0.2, -0.15) is 0 Å². The number of hydrogen-bond acceptors (Lipinski definition) is 3. The molecule has 6 heteroatoms. The molecule has 1 atom stereocenters. The number of ether oxygens (including phenoxy) is 1. The van der Waals surface area contributed by atoms with Crippen molar-refractivity contribution < 1.29 is 23.8 Å². The third-order valence-corrected chi connectivity index (χ3v) is 9.65. The van der Waals surface area contributed by atoms with Crippen molar-refractivity contribution in [2.75, 3.05) is 13.2 Å². The topological polar surface area (TPSA) is 66.8 Å². The van der Waals surface area contributed by atoms with E-state index in [2.05, 4.69) is 20.8 Å². The number of amides is 1.